The summed E-state index contributed by atoms with van der Waals surface area (Å²) >= 11 is 0. The van der Waals surface area contributed by atoms with Crippen LogP contribution in [0.1, 0.15) is 30.9 Å². The van der Waals surface area contributed by atoms with Crippen molar-refractivity contribution < 1.29 is 29.0 Å². The molecule has 6 unspecified atom stereocenters. The lowest BCUT2D eigenvalue weighted by molar-refractivity contribution is -0.132. The molecule has 8 heteroatoms. The quantitative estimate of drug-likeness (QED) is 0.294. The number of imide groups is 2. The van der Waals surface area contributed by atoms with Crippen molar-refractivity contribution in [2.24, 2.45) is 35.0 Å². The number of anilines is 2. The summed E-state index contributed by atoms with van der Waals surface area (Å²) in [6.45, 7) is 5.65. The molecule has 6 atom stereocenters. The number of benzene rings is 3. The number of hydrogen-bond acceptors (Lipinski definition) is 6. The molecule has 8 nitrogen and oxygen atoms in total. The zero-order chi connectivity index (χ0) is 31.9. The highest BCUT2D eigenvalue weighted by Crippen LogP contribution is 2.63. The molecular weight excluding hydrogens is 580 g/mol. The van der Waals surface area contributed by atoms with Gasteiger partial charge in [-0.1, -0.05) is 54.6 Å². The number of ether oxygens (including phenoxy) is 1. The van der Waals surface area contributed by atoms with Gasteiger partial charge in [-0.3, -0.25) is 24.1 Å². The molecule has 8 rings (SSSR count). The fourth-order valence-corrected chi connectivity index (χ4v) is 8.68. The van der Waals surface area contributed by atoms with Crippen LogP contribution in [-0.2, 0) is 25.6 Å². The van der Waals surface area contributed by atoms with Crippen molar-refractivity contribution in [3.63, 3.8) is 0 Å². The molecule has 3 aromatic rings. The molecule has 3 aromatic carbocycles. The maximum absolute atomic E-state index is 14.6. The van der Waals surface area contributed by atoms with Gasteiger partial charge in [0.25, 0.3) is 0 Å². The van der Waals surface area contributed by atoms with Gasteiger partial charge in [-0.25, -0.2) is 4.90 Å². The minimum absolute atomic E-state index is 0.104. The lowest BCUT2D eigenvalue weighted by Gasteiger charge is -2.49. The van der Waals surface area contributed by atoms with Crippen molar-refractivity contribution in [1.82, 2.24) is 0 Å². The monoisotopic (exact) mass is 612 g/mol. The van der Waals surface area contributed by atoms with E-state index in [1.165, 1.54) is 9.80 Å². The standard InChI is InChI=1S/C38H32N2O6/c1-3-21-9-11-25(12-10-21)39-34(42)28-15-14-27-29(32(28)36(39)44)19-30-35(43)40(24-7-5-4-6-8-24)37(45)38(30,2)33(27)23-17-22-18-26(41)13-16-31(22)46-20-23/h3-14,16,18,20,28-30,32-33,41H,1,15,17,19H2,2H3. The van der Waals surface area contributed by atoms with Crippen LogP contribution in [0.5, 0.6) is 11.5 Å². The van der Waals surface area contributed by atoms with Crippen LogP contribution in [0, 0.1) is 35.0 Å². The number of amides is 4. The number of phenolic OH excluding ortho intramolecular Hbond substituents is 1. The van der Waals surface area contributed by atoms with Gasteiger partial charge < -0.3 is 9.84 Å². The summed E-state index contributed by atoms with van der Waals surface area (Å²) in [5.74, 6) is -3.31. The highest BCUT2D eigenvalue weighted by molar-refractivity contribution is 6.25. The average Bonchev–Trinajstić information content (AvgIpc) is 3.44. The Bertz CT molecular complexity index is 1910. The number of allylic oxidation sites excluding steroid dienone is 3. The number of carbonyl (C=O) groups is 4. The molecule has 3 fully saturated rings. The van der Waals surface area contributed by atoms with E-state index in [0.29, 0.717) is 30.0 Å². The van der Waals surface area contributed by atoms with Gasteiger partial charge in [0.2, 0.25) is 23.6 Å². The molecule has 5 aliphatic rings. The fraction of sp³-hybridized carbons (Fsp3) is 0.263. The Kier molecular flexibility index (Phi) is 6.23. The first-order chi connectivity index (χ1) is 22.2. The van der Waals surface area contributed by atoms with E-state index in [4.69, 9.17) is 4.74 Å². The highest BCUT2D eigenvalue weighted by atomic mass is 16.5. The number of nitrogens with zero attached hydrogens (tertiary/aromatic N) is 2. The van der Waals surface area contributed by atoms with E-state index in [-0.39, 0.29) is 35.8 Å². The molecule has 0 bridgehead atoms. The van der Waals surface area contributed by atoms with Crippen molar-refractivity contribution in [3.05, 3.63) is 114 Å². The van der Waals surface area contributed by atoms with Gasteiger partial charge in [-0.15, -0.1) is 0 Å². The summed E-state index contributed by atoms with van der Waals surface area (Å²) in [4.78, 5) is 59.6. The number of rotatable bonds is 4. The molecule has 2 saturated heterocycles. The predicted octanol–water partition coefficient (Wildman–Crippen LogP) is 5.82. The first-order valence-corrected chi connectivity index (χ1v) is 15.6. The van der Waals surface area contributed by atoms with Crippen LogP contribution < -0.4 is 14.5 Å². The lowest BCUT2D eigenvalue weighted by atomic mass is 9.51. The molecule has 0 aromatic heterocycles. The number of hydrogen-bond donors (Lipinski definition) is 1. The van der Waals surface area contributed by atoms with E-state index in [1.807, 2.05) is 31.2 Å². The summed E-state index contributed by atoms with van der Waals surface area (Å²) in [7, 11) is 0. The number of aromatic hydroxyl groups is 1. The number of carbonyl (C=O) groups excluding carboxylic acids is 4. The van der Waals surface area contributed by atoms with Crippen molar-refractivity contribution in [1.29, 1.82) is 0 Å². The van der Waals surface area contributed by atoms with Gasteiger partial charge in [0.15, 0.2) is 0 Å². The molecular formula is C38H32N2O6. The number of para-hydroxylation sites is 1. The van der Waals surface area contributed by atoms with E-state index < -0.39 is 35.0 Å². The Labute approximate surface area is 266 Å². The third kappa shape index (κ3) is 3.85. The normalized spacial score (nSPS) is 29.7. The van der Waals surface area contributed by atoms with Gasteiger partial charge >= 0.3 is 0 Å². The Hall–Kier alpha value is -5.24. The van der Waals surface area contributed by atoms with Crippen LogP contribution in [0.25, 0.3) is 6.08 Å². The maximum Gasteiger partial charge on any atom is 0.241 e. The zero-order valence-electron chi connectivity index (χ0n) is 25.3. The molecule has 2 aliphatic carbocycles. The number of fused-ring (bicyclic) bond motifs is 5. The number of phenols is 1. The van der Waals surface area contributed by atoms with Crippen molar-refractivity contribution >= 4 is 41.1 Å². The minimum Gasteiger partial charge on any atom is -0.508 e. The second-order valence-electron chi connectivity index (χ2n) is 13.1. The average molecular weight is 613 g/mol. The predicted molar refractivity (Wildman–Crippen MR) is 171 cm³/mol. The molecule has 3 heterocycles. The molecule has 0 radical (unpaired) electrons. The summed E-state index contributed by atoms with van der Waals surface area (Å²) in [5, 5.41) is 10.2. The van der Waals surface area contributed by atoms with Crippen LogP contribution in [0.4, 0.5) is 11.4 Å². The van der Waals surface area contributed by atoms with Gasteiger partial charge in [0.05, 0.1) is 40.8 Å². The smallest absolute Gasteiger partial charge is 0.241 e. The first kappa shape index (κ1) is 28.2. The fourth-order valence-electron chi connectivity index (χ4n) is 8.68. The second-order valence-corrected chi connectivity index (χ2v) is 13.1. The molecule has 3 aliphatic heterocycles. The molecule has 46 heavy (non-hydrogen) atoms. The van der Waals surface area contributed by atoms with E-state index in [9.17, 15) is 24.3 Å². The van der Waals surface area contributed by atoms with Gasteiger partial charge in [-0.2, -0.15) is 0 Å². The van der Waals surface area contributed by atoms with Crippen molar-refractivity contribution in [3.8, 4) is 11.5 Å². The van der Waals surface area contributed by atoms with Crippen LogP contribution in [-0.4, -0.2) is 28.7 Å². The Morgan fingerprint density at radius 2 is 1.63 bits per heavy atom. The van der Waals surface area contributed by atoms with E-state index >= 15 is 0 Å². The van der Waals surface area contributed by atoms with Crippen LogP contribution in [0.15, 0.2) is 103 Å². The topological polar surface area (TPSA) is 104 Å². The van der Waals surface area contributed by atoms with Gasteiger partial charge in [-0.05, 0) is 79.3 Å². The summed E-state index contributed by atoms with van der Waals surface area (Å²) in [6, 6.07) is 21.0. The van der Waals surface area contributed by atoms with Crippen LogP contribution in [0.2, 0.25) is 0 Å². The largest absolute Gasteiger partial charge is 0.508 e. The SMILES string of the molecule is C=Cc1ccc(N2C(=O)C3CC=C4C(CC5C(=O)N(c6ccccc6)C(=O)C5(C)C4C4=COc5ccc(O)cc5C4)C3C2=O)cc1. The third-order valence-electron chi connectivity index (χ3n) is 10.8. The third-order valence-corrected chi connectivity index (χ3v) is 10.8. The Morgan fingerprint density at radius 3 is 2.37 bits per heavy atom. The highest BCUT2D eigenvalue weighted by Gasteiger charge is 2.68. The first-order valence-electron chi connectivity index (χ1n) is 15.6. The molecule has 4 amide bonds. The molecule has 1 N–H and O–H groups in total. The second kappa shape index (κ2) is 10.1. The van der Waals surface area contributed by atoms with Crippen LogP contribution >= 0.6 is 0 Å². The molecule has 0 spiro atoms. The van der Waals surface area contributed by atoms with E-state index in [2.05, 4.69) is 6.58 Å². The minimum atomic E-state index is -1.16. The zero-order valence-corrected chi connectivity index (χ0v) is 25.3. The van der Waals surface area contributed by atoms with E-state index in [0.717, 1.165) is 22.3 Å². The van der Waals surface area contributed by atoms with Crippen LogP contribution in [0.3, 0.4) is 0 Å². The van der Waals surface area contributed by atoms with E-state index in [1.54, 1.807) is 66.9 Å². The summed E-state index contributed by atoms with van der Waals surface area (Å²) < 4.78 is 6.06. The maximum atomic E-state index is 14.6. The lowest BCUT2D eigenvalue weighted by Crippen LogP contribution is -2.51. The van der Waals surface area contributed by atoms with Gasteiger partial charge in [0.1, 0.15) is 11.5 Å². The summed E-state index contributed by atoms with van der Waals surface area (Å²) in [5.41, 5.74) is 3.21. The van der Waals surface area contributed by atoms with Crippen molar-refractivity contribution in [2.45, 2.75) is 26.2 Å². The van der Waals surface area contributed by atoms with Gasteiger partial charge in [0, 0.05) is 17.9 Å². The van der Waals surface area contributed by atoms with Crippen molar-refractivity contribution in [2.75, 3.05) is 9.80 Å². The summed E-state index contributed by atoms with van der Waals surface area (Å²) in [6.07, 6.45) is 6.44. The Morgan fingerprint density at radius 1 is 0.891 bits per heavy atom. The molecule has 1 saturated carbocycles. The Balaban J connectivity index is 1.24. The molecule has 230 valence electrons.